The maximum Gasteiger partial charge on any atom is 0.336 e. The average Bonchev–Trinajstić information content (AvgIpc) is 2.38. The molecule has 0 unspecified atom stereocenters. The Morgan fingerprint density at radius 3 is 2.05 bits per heavy atom. The summed E-state index contributed by atoms with van der Waals surface area (Å²) in [6, 6.07) is 10.6. The highest BCUT2D eigenvalue weighted by atomic mass is 16.4. The fourth-order valence-corrected chi connectivity index (χ4v) is 1.88. The number of rotatable bonds is 3. The van der Waals surface area contributed by atoms with Gasteiger partial charge in [0.1, 0.15) is 0 Å². The van der Waals surface area contributed by atoms with E-state index in [0.717, 1.165) is 0 Å². The zero-order valence-electron chi connectivity index (χ0n) is 9.83. The van der Waals surface area contributed by atoms with Crippen molar-refractivity contribution < 1.29 is 19.8 Å². The summed E-state index contributed by atoms with van der Waals surface area (Å²) in [4.78, 5) is 22.4. The van der Waals surface area contributed by atoms with Crippen molar-refractivity contribution in [2.24, 2.45) is 0 Å². The highest BCUT2D eigenvalue weighted by Crippen LogP contribution is 2.28. The normalized spacial score (nSPS) is 10.1. The van der Waals surface area contributed by atoms with E-state index in [4.69, 9.17) is 10.8 Å². The van der Waals surface area contributed by atoms with Gasteiger partial charge in [0.25, 0.3) is 0 Å². The van der Waals surface area contributed by atoms with Gasteiger partial charge in [0.15, 0.2) is 0 Å². The largest absolute Gasteiger partial charge is 0.478 e. The van der Waals surface area contributed by atoms with Crippen LogP contribution >= 0.6 is 0 Å². The Morgan fingerprint density at radius 1 is 0.842 bits per heavy atom. The van der Waals surface area contributed by atoms with E-state index in [1.165, 1.54) is 18.2 Å². The lowest BCUT2D eigenvalue weighted by Gasteiger charge is -2.10. The van der Waals surface area contributed by atoms with Crippen molar-refractivity contribution in [2.45, 2.75) is 0 Å². The zero-order valence-corrected chi connectivity index (χ0v) is 9.83. The van der Waals surface area contributed by atoms with Crippen LogP contribution in [-0.2, 0) is 0 Å². The summed E-state index contributed by atoms with van der Waals surface area (Å²) in [5, 5.41) is 18.3. The number of aromatic carboxylic acids is 2. The number of carboxylic acid groups (broad SMARTS) is 2. The molecule has 2 aromatic rings. The van der Waals surface area contributed by atoms with Gasteiger partial charge in [-0.2, -0.15) is 0 Å². The van der Waals surface area contributed by atoms with Crippen molar-refractivity contribution in [1.82, 2.24) is 0 Å². The third-order valence-electron chi connectivity index (χ3n) is 2.72. The number of benzene rings is 2. The molecule has 0 saturated carbocycles. The minimum absolute atomic E-state index is 0.0197. The van der Waals surface area contributed by atoms with Crippen LogP contribution in [0.5, 0.6) is 0 Å². The summed E-state index contributed by atoms with van der Waals surface area (Å²) < 4.78 is 0. The van der Waals surface area contributed by atoms with Crippen LogP contribution in [0.4, 0.5) is 5.69 Å². The minimum atomic E-state index is -1.15. The summed E-state index contributed by atoms with van der Waals surface area (Å²) in [6.45, 7) is 0. The van der Waals surface area contributed by atoms with Gasteiger partial charge in [0.05, 0.1) is 11.1 Å². The van der Waals surface area contributed by atoms with Crippen molar-refractivity contribution in [1.29, 1.82) is 0 Å². The number of hydrogen-bond acceptors (Lipinski definition) is 3. The Hall–Kier alpha value is -2.82. The van der Waals surface area contributed by atoms with Crippen molar-refractivity contribution in [3.8, 4) is 11.1 Å². The van der Waals surface area contributed by atoms with Crippen molar-refractivity contribution in [3.05, 3.63) is 53.6 Å². The molecule has 0 amide bonds. The van der Waals surface area contributed by atoms with E-state index in [1.807, 2.05) is 0 Å². The van der Waals surface area contributed by atoms with Gasteiger partial charge in [0, 0.05) is 5.69 Å². The van der Waals surface area contributed by atoms with E-state index in [-0.39, 0.29) is 11.1 Å². The molecule has 5 nitrogen and oxygen atoms in total. The fourth-order valence-electron chi connectivity index (χ4n) is 1.88. The van der Waals surface area contributed by atoms with Gasteiger partial charge in [0.2, 0.25) is 0 Å². The lowest BCUT2D eigenvalue weighted by atomic mass is 9.95. The predicted molar refractivity (Wildman–Crippen MR) is 70.2 cm³/mol. The maximum atomic E-state index is 11.2. The van der Waals surface area contributed by atoms with E-state index < -0.39 is 11.9 Å². The summed E-state index contributed by atoms with van der Waals surface area (Å²) in [6.07, 6.45) is 0. The van der Waals surface area contributed by atoms with Crippen LogP contribution < -0.4 is 5.73 Å². The molecule has 0 aliphatic heterocycles. The molecule has 0 heterocycles. The van der Waals surface area contributed by atoms with Crippen LogP contribution in [0.1, 0.15) is 20.7 Å². The van der Waals surface area contributed by atoms with Crippen molar-refractivity contribution >= 4 is 17.6 Å². The van der Waals surface area contributed by atoms with E-state index in [0.29, 0.717) is 16.8 Å². The van der Waals surface area contributed by atoms with Crippen LogP contribution in [0, 0.1) is 0 Å². The molecule has 2 rings (SSSR count). The van der Waals surface area contributed by atoms with E-state index in [1.54, 1.807) is 24.3 Å². The Morgan fingerprint density at radius 2 is 1.42 bits per heavy atom. The summed E-state index contributed by atoms with van der Waals surface area (Å²) in [7, 11) is 0. The number of nitrogens with two attached hydrogens (primary N) is 1. The van der Waals surface area contributed by atoms with Gasteiger partial charge in [-0.3, -0.25) is 0 Å². The molecule has 0 saturated heterocycles. The first kappa shape index (κ1) is 12.6. The Balaban J connectivity index is 2.72. The van der Waals surface area contributed by atoms with E-state index in [9.17, 15) is 14.7 Å². The highest BCUT2D eigenvalue weighted by molar-refractivity contribution is 6.02. The SMILES string of the molecule is Nc1ccc(-c2ccccc2C(=O)O)c(C(=O)O)c1. The number of anilines is 1. The molecule has 0 radical (unpaired) electrons. The first-order valence-corrected chi connectivity index (χ1v) is 5.46. The molecule has 19 heavy (non-hydrogen) atoms. The third-order valence-corrected chi connectivity index (χ3v) is 2.72. The van der Waals surface area contributed by atoms with Gasteiger partial charge in [-0.15, -0.1) is 0 Å². The monoisotopic (exact) mass is 257 g/mol. The molecule has 0 spiro atoms. The molecular weight excluding hydrogens is 246 g/mol. The van der Waals surface area contributed by atoms with E-state index >= 15 is 0 Å². The Bertz CT molecular complexity index is 664. The molecule has 0 bridgehead atoms. The van der Waals surface area contributed by atoms with E-state index in [2.05, 4.69) is 0 Å². The Kier molecular flexibility index (Phi) is 3.20. The third kappa shape index (κ3) is 2.40. The van der Waals surface area contributed by atoms with Crippen LogP contribution in [0.2, 0.25) is 0 Å². The van der Waals surface area contributed by atoms with Crippen LogP contribution in [0.15, 0.2) is 42.5 Å². The van der Waals surface area contributed by atoms with Gasteiger partial charge in [-0.05, 0) is 29.3 Å². The number of carbonyl (C=O) groups is 2. The summed E-state index contributed by atoms with van der Waals surface area (Å²) >= 11 is 0. The number of nitrogen functional groups attached to an aromatic ring is 1. The topological polar surface area (TPSA) is 101 Å². The van der Waals surface area contributed by atoms with Gasteiger partial charge >= 0.3 is 11.9 Å². The molecule has 5 heteroatoms. The van der Waals surface area contributed by atoms with Crippen LogP contribution in [-0.4, -0.2) is 22.2 Å². The average molecular weight is 257 g/mol. The lowest BCUT2D eigenvalue weighted by molar-refractivity contribution is 0.0684. The Labute approximate surface area is 108 Å². The molecule has 0 aliphatic rings. The van der Waals surface area contributed by atoms with Gasteiger partial charge < -0.3 is 15.9 Å². The molecule has 0 fully saturated rings. The molecule has 0 aromatic heterocycles. The predicted octanol–water partition coefficient (Wildman–Crippen LogP) is 2.33. The van der Waals surface area contributed by atoms with Gasteiger partial charge in [-0.1, -0.05) is 24.3 Å². The molecule has 96 valence electrons. The summed E-state index contributed by atoms with van der Waals surface area (Å²) in [5.41, 5.74) is 6.59. The number of hydrogen-bond donors (Lipinski definition) is 3. The standard InChI is InChI=1S/C14H11NO4/c15-8-5-6-10(12(7-8)14(18)19)9-3-1-2-4-11(9)13(16)17/h1-7H,15H2,(H,16,17)(H,18,19). The van der Waals surface area contributed by atoms with Crippen LogP contribution in [0.25, 0.3) is 11.1 Å². The first-order chi connectivity index (χ1) is 9.00. The fraction of sp³-hybridized carbons (Fsp3) is 0. The van der Waals surface area contributed by atoms with Gasteiger partial charge in [-0.25, -0.2) is 9.59 Å². The maximum absolute atomic E-state index is 11.2. The molecule has 0 aliphatic carbocycles. The number of carboxylic acids is 2. The molecule has 2 aromatic carbocycles. The molecule has 4 N–H and O–H groups in total. The second-order valence-electron chi connectivity index (χ2n) is 3.96. The molecular formula is C14H11NO4. The second kappa shape index (κ2) is 4.81. The zero-order chi connectivity index (χ0) is 14.0. The quantitative estimate of drug-likeness (QED) is 0.732. The smallest absolute Gasteiger partial charge is 0.336 e. The molecule has 0 atom stereocenters. The minimum Gasteiger partial charge on any atom is -0.478 e. The van der Waals surface area contributed by atoms with Crippen molar-refractivity contribution in [3.63, 3.8) is 0 Å². The lowest BCUT2D eigenvalue weighted by Crippen LogP contribution is -2.04. The van der Waals surface area contributed by atoms with Crippen LogP contribution in [0.3, 0.4) is 0 Å². The summed E-state index contributed by atoms with van der Waals surface area (Å²) in [5.74, 6) is -2.26. The van der Waals surface area contributed by atoms with Crippen molar-refractivity contribution in [2.75, 3.05) is 5.73 Å². The first-order valence-electron chi connectivity index (χ1n) is 5.46. The highest BCUT2D eigenvalue weighted by Gasteiger charge is 2.17. The second-order valence-corrected chi connectivity index (χ2v) is 3.96.